The molecule has 2 aliphatic rings. The molecule has 6 heteroatoms. The first-order valence-electron chi connectivity index (χ1n) is 8.71. The van der Waals surface area contributed by atoms with Crippen molar-refractivity contribution in [2.45, 2.75) is 30.6 Å². The Morgan fingerprint density at radius 2 is 1.77 bits per heavy atom. The molecule has 2 amide bonds. The molecule has 1 aliphatic carbocycles. The van der Waals surface area contributed by atoms with Crippen LogP contribution in [-0.2, 0) is 9.53 Å². The van der Waals surface area contributed by atoms with Gasteiger partial charge in [0.05, 0.1) is 0 Å². The van der Waals surface area contributed by atoms with Crippen LogP contribution in [-0.4, -0.2) is 35.5 Å². The first-order valence-corrected chi connectivity index (χ1v) is 8.71. The largest absolute Gasteiger partial charge is 0.410 e. The van der Waals surface area contributed by atoms with Gasteiger partial charge in [0.15, 0.2) is 0 Å². The van der Waals surface area contributed by atoms with E-state index in [1.54, 1.807) is 12.1 Å². The number of rotatable bonds is 4. The van der Waals surface area contributed by atoms with E-state index in [2.05, 4.69) is 5.32 Å². The molecule has 1 aliphatic heterocycles. The molecule has 4 rings (SSSR count). The number of ether oxygens (including phenoxy) is 1. The highest BCUT2D eigenvalue weighted by Crippen LogP contribution is 2.40. The molecule has 0 radical (unpaired) electrons. The monoisotopic (exact) mass is 352 g/mol. The maximum Gasteiger partial charge on any atom is 0.410 e. The molecule has 1 heterocycles. The summed E-state index contributed by atoms with van der Waals surface area (Å²) < 4.78 is 5.11. The Hall–Kier alpha value is -2.86. The third kappa shape index (κ3) is 3.15. The number of benzene rings is 2. The molecule has 0 aromatic heterocycles. The number of alkyl carbamates (subject to hydrolysis) is 1. The standard InChI is InChI=1S/C20H20N2O4/c23-18-20(25,11-12-22(18)15-9-5-2-6-10-15)26-19(24)21-17-13-16(17)14-7-3-1-4-8-14/h1-10,16-17,25H,11-13H2,(H,21,24)/t16-,17+,20+/m1/s1. The lowest BCUT2D eigenvalue weighted by Gasteiger charge is -2.22. The van der Waals surface area contributed by atoms with Gasteiger partial charge in [0.25, 0.3) is 11.7 Å². The van der Waals surface area contributed by atoms with E-state index in [-0.39, 0.29) is 18.4 Å². The number of carbonyl (C=O) groups is 2. The van der Waals surface area contributed by atoms with Crippen molar-refractivity contribution in [1.29, 1.82) is 0 Å². The van der Waals surface area contributed by atoms with Gasteiger partial charge in [-0.1, -0.05) is 48.5 Å². The topological polar surface area (TPSA) is 78.9 Å². The van der Waals surface area contributed by atoms with Crippen LogP contribution in [0, 0.1) is 0 Å². The zero-order chi connectivity index (χ0) is 18.1. The summed E-state index contributed by atoms with van der Waals surface area (Å²) in [5, 5.41) is 13.2. The van der Waals surface area contributed by atoms with Crippen molar-refractivity contribution in [2.75, 3.05) is 11.4 Å². The molecule has 2 aromatic carbocycles. The minimum absolute atomic E-state index is 0.0322. The van der Waals surface area contributed by atoms with Crippen molar-refractivity contribution in [3.63, 3.8) is 0 Å². The van der Waals surface area contributed by atoms with Gasteiger partial charge in [-0.15, -0.1) is 0 Å². The van der Waals surface area contributed by atoms with Crippen molar-refractivity contribution >= 4 is 17.7 Å². The van der Waals surface area contributed by atoms with Crippen molar-refractivity contribution in [3.05, 3.63) is 66.2 Å². The lowest BCUT2D eigenvalue weighted by Crippen LogP contribution is -2.46. The summed E-state index contributed by atoms with van der Waals surface area (Å²) in [5.41, 5.74) is 1.83. The summed E-state index contributed by atoms with van der Waals surface area (Å²) in [6, 6.07) is 18.9. The van der Waals surface area contributed by atoms with Crippen LogP contribution in [0.25, 0.3) is 0 Å². The Morgan fingerprint density at radius 1 is 1.12 bits per heavy atom. The Morgan fingerprint density at radius 3 is 2.46 bits per heavy atom. The van der Waals surface area contributed by atoms with Crippen molar-refractivity contribution in [2.24, 2.45) is 0 Å². The van der Waals surface area contributed by atoms with Gasteiger partial charge in [0, 0.05) is 30.6 Å². The predicted octanol–water partition coefficient (Wildman–Crippen LogP) is 2.39. The number of carbonyl (C=O) groups excluding carboxylic acids is 2. The lowest BCUT2D eigenvalue weighted by molar-refractivity contribution is -0.175. The average Bonchev–Trinajstić information content (AvgIpc) is 3.35. The van der Waals surface area contributed by atoms with Gasteiger partial charge in [-0.3, -0.25) is 4.79 Å². The van der Waals surface area contributed by atoms with E-state index >= 15 is 0 Å². The second-order valence-corrected chi connectivity index (χ2v) is 6.72. The second-order valence-electron chi connectivity index (χ2n) is 6.72. The predicted molar refractivity (Wildman–Crippen MR) is 95.6 cm³/mol. The lowest BCUT2D eigenvalue weighted by atomic mass is 10.1. The van der Waals surface area contributed by atoms with E-state index in [1.807, 2.05) is 48.5 Å². The number of aliphatic hydroxyl groups is 1. The Bertz CT molecular complexity index is 811. The van der Waals surface area contributed by atoms with Gasteiger partial charge < -0.3 is 20.1 Å². The molecule has 0 spiro atoms. The molecule has 0 bridgehead atoms. The summed E-state index contributed by atoms with van der Waals surface area (Å²) in [4.78, 5) is 26.1. The third-order valence-corrected chi connectivity index (χ3v) is 4.90. The molecule has 1 saturated heterocycles. The van der Waals surface area contributed by atoms with Crippen LogP contribution in [0.15, 0.2) is 60.7 Å². The highest BCUT2D eigenvalue weighted by molar-refractivity contribution is 6.01. The molecular weight excluding hydrogens is 332 g/mol. The summed E-state index contributed by atoms with van der Waals surface area (Å²) in [7, 11) is 0. The molecule has 0 unspecified atom stereocenters. The van der Waals surface area contributed by atoms with Gasteiger partial charge in [0.2, 0.25) is 0 Å². The van der Waals surface area contributed by atoms with Crippen LogP contribution in [0.5, 0.6) is 0 Å². The van der Waals surface area contributed by atoms with Gasteiger partial charge in [-0.25, -0.2) is 4.79 Å². The van der Waals surface area contributed by atoms with Crippen molar-refractivity contribution < 1.29 is 19.4 Å². The molecule has 6 nitrogen and oxygen atoms in total. The molecule has 3 atom stereocenters. The van der Waals surface area contributed by atoms with Crippen LogP contribution in [0.4, 0.5) is 10.5 Å². The normalized spacial score (nSPS) is 27.3. The SMILES string of the molecule is O=C(N[C@H]1C[C@@H]1c1ccccc1)O[C@@]1(O)CCN(c2ccccc2)C1=O. The number of hydrogen-bond acceptors (Lipinski definition) is 4. The number of nitrogens with zero attached hydrogens (tertiary/aromatic N) is 1. The quantitative estimate of drug-likeness (QED) is 0.828. The highest BCUT2D eigenvalue weighted by Gasteiger charge is 2.50. The smallest absolute Gasteiger partial charge is 0.407 e. The fraction of sp³-hybridized carbons (Fsp3) is 0.300. The Kier molecular flexibility index (Phi) is 4.12. The molecule has 1 saturated carbocycles. The number of para-hydroxylation sites is 1. The zero-order valence-electron chi connectivity index (χ0n) is 14.2. The molecule has 2 fully saturated rings. The van der Waals surface area contributed by atoms with Crippen LogP contribution < -0.4 is 10.2 Å². The number of amides is 2. The summed E-state index contributed by atoms with van der Waals surface area (Å²) in [6.45, 7) is 0.294. The summed E-state index contributed by atoms with van der Waals surface area (Å²) >= 11 is 0. The second kappa shape index (κ2) is 6.46. The maximum atomic E-state index is 12.5. The first kappa shape index (κ1) is 16.6. The maximum absolute atomic E-state index is 12.5. The van der Waals surface area contributed by atoms with Gasteiger partial charge in [-0.05, 0) is 24.1 Å². The fourth-order valence-corrected chi connectivity index (χ4v) is 3.39. The van der Waals surface area contributed by atoms with E-state index in [4.69, 9.17) is 4.74 Å². The molecule has 26 heavy (non-hydrogen) atoms. The molecule has 134 valence electrons. The summed E-state index contributed by atoms with van der Waals surface area (Å²) in [5.74, 6) is -2.48. The number of anilines is 1. The first-order chi connectivity index (χ1) is 12.6. The van der Waals surface area contributed by atoms with E-state index < -0.39 is 17.8 Å². The van der Waals surface area contributed by atoms with Gasteiger partial charge in [0.1, 0.15) is 0 Å². The minimum atomic E-state index is -2.11. The highest BCUT2D eigenvalue weighted by atomic mass is 16.7. The fourth-order valence-electron chi connectivity index (χ4n) is 3.39. The zero-order valence-corrected chi connectivity index (χ0v) is 14.2. The van der Waals surface area contributed by atoms with Crippen molar-refractivity contribution in [3.8, 4) is 0 Å². The van der Waals surface area contributed by atoms with Crippen LogP contribution in [0.2, 0.25) is 0 Å². The van der Waals surface area contributed by atoms with E-state index in [1.165, 1.54) is 4.90 Å². The minimum Gasteiger partial charge on any atom is -0.407 e. The van der Waals surface area contributed by atoms with Gasteiger partial charge in [-0.2, -0.15) is 0 Å². The number of hydrogen-bond donors (Lipinski definition) is 2. The third-order valence-electron chi connectivity index (χ3n) is 4.90. The Balaban J connectivity index is 1.35. The van der Waals surface area contributed by atoms with E-state index in [0.29, 0.717) is 12.2 Å². The van der Waals surface area contributed by atoms with Crippen LogP contribution in [0.3, 0.4) is 0 Å². The van der Waals surface area contributed by atoms with Crippen LogP contribution >= 0.6 is 0 Å². The van der Waals surface area contributed by atoms with E-state index in [0.717, 1.165) is 12.0 Å². The average molecular weight is 352 g/mol. The van der Waals surface area contributed by atoms with Gasteiger partial charge >= 0.3 is 6.09 Å². The molecule has 2 N–H and O–H groups in total. The summed E-state index contributed by atoms with van der Waals surface area (Å²) in [6.07, 6.45) is 0.0990. The molecular formula is C20H20N2O4. The number of nitrogens with one attached hydrogen (secondary N) is 1. The van der Waals surface area contributed by atoms with Crippen molar-refractivity contribution in [1.82, 2.24) is 5.32 Å². The Labute approximate surface area is 151 Å². The molecule has 2 aromatic rings. The van der Waals surface area contributed by atoms with Crippen LogP contribution in [0.1, 0.15) is 24.3 Å². The van der Waals surface area contributed by atoms with E-state index in [9.17, 15) is 14.7 Å².